The summed E-state index contributed by atoms with van der Waals surface area (Å²) in [5.41, 5.74) is 3.73. The molecule has 0 saturated carbocycles. The molecule has 2 aromatic rings. The normalized spacial score (nSPS) is 12.4. The molecule has 1 heterocycles. The topological polar surface area (TPSA) is 60.4 Å². The zero-order valence-electron chi connectivity index (χ0n) is 10.6. The maximum Gasteiger partial charge on any atom is 0.127 e. The van der Waals surface area contributed by atoms with Crippen LogP contribution in [0, 0.1) is 0 Å². The van der Waals surface area contributed by atoms with E-state index in [1.807, 2.05) is 36.4 Å². The summed E-state index contributed by atoms with van der Waals surface area (Å²) < 4.78 is 11.1. The first-order valence-corrected chi connectivity index (χ1v) is 5.97. The van der Waals surface area contributed by atoms with E-state index in [2.05, 4.69) is 12.3 Å². The van der Waals surface area contributed by atoms with Gasteiger partial charge in [0, 0.05) is 12.0 Å². The zero-order chi connectivity index (χ0) is 13.0. The summed E-state index contributed by atoms with van der Waals surface area (Å²) in [5, 5.41) is 0. The number of hydrogen-bond acceptors (Lipinski definition) is 4. The van der Waals surface area contributed by atoms with Crippen LogP contribution in [0.25, 0.3) is 0 Å². The lowest BCUT2D eigenvalue weighted by atomic mass is 10.0. The number of hydrogen-bond donors (Lipinski definition) is 2. The van der Waals surface area contributed by atoms with Crippen LogP contribution in [0.15, 0.2) is 40.8 Å². The van der Waals surface area contributed by atoms with Gasteiger partial charge in [-0.05, 0) is 18.2 Å². The van der Waals surface area contributed by atoms with E-state index in [1.165, 1.54) is 0 Å². The van der Waals surface area contributed by atoms with Crippen molar-refractivity contribution >= 4 is 0 Å². The van der Waals surface area contributed by atoms with Gasteiger partial charge in [-0.25, -0.2) is 5.43 Å². The molecule has 0 spiro atoms. The third-order valence-corrected chi connectivity index (χ3v) is 2.93. The number of nitrogens with one attached hydrogen (secondary N) is 1. The smallest absolute Gasteiger partial charge is 0.127 e. The molecule has 18 heavy (non-hydrogen) atoms. The second-order valence-electron chi connectivity index (χ2n) is 4.00. The molecule has 4 heteroatoms. The predicted molar refractivity (Wildman–Crippen MR) is 70.2 cm³/mol. The Morgan fingerprint density at radius 2 is 2.06 bits per heavy atom. The van der Waals surface area contributed by atoms with Crippen molar-refractivity contribution in [2.24, 2.45) is 5.84 Å². The van der Waals surface area contributed by atoms with E-state index < -0.39 is 0 Å². The van der Waals surface area contributed by atoms with Crippen molar-refractivity contribution in [3.8, 4) is 5.75 Å². The molecule has 96 valence electrons. The van der Waals surface area contributed by atoms with Crippen molar-refractivity contribution in [1.82, 2.24) is 5.43 Å². The molecular formula is C14H18N2O2. The molecule has 0 radical (unpaired) electrons. The average molecular weight is 246 g/mol. The lowest BCUT2D eigenvalue weighted by molar-refractivity contribution is 0.388. The molecule has 0 aliphatic carbocycles. The highest BCUT2D eigenvalue weighted by Gasteiger charge is 2.19. The quantitative estimate of drug-likeness (QED) is 0.628. The second kappa shape index (κ2) is 5.71. The number of methoxy groups -OCH3 is 1. The van der Waals surface area contributed by atoms with Crippen LogP contribution < -0.4 is 16.0 Å². The molecule has 4 nitrogen and oxygen atoms in total. The number of aryl methyl sites for hydroxylation is 1. The Bertz CT molecular complexity index is 508. The van der Waals surface area contributed by atoms with Gasteiger partial charge in [-0.2, -0.15) is 0 Å². The Kier molecular flexibility index (Phi) is 4.02. The van der Waals surface area contributed by atoms with E-state index >= 15 is 0 Å². The zero-order valence-corrected chi connectivity index (χ0v) is 10.6. The SMILES string of the molecule is CCc1ccc(C(NN)c2ccccc2OC)o1. The highest BCUT2D eigenvalue weighted by molar-refractivity contribution is 5.39. The molecule has 0 aliphatic rings. The van der Waals surface area contributed by atoms with Crippen molar-refractivity contribution in [3.05, 3.63) is 53.5 Å². The number of para-hydroxylation sites is 1. The maximum atomic E-state index is 5.74. The predicted octanol–water partition coefficient (Wildman–Crippen LogP) is 2.40. The third-order valence-electron chi connectivity index (χ3n) is 2.93. The first-order valence-electron chi connectivity index (χ1n) is 5.97. The largest absolute Gasteiger partial charge is 0.496 e. The highest BCUT2D eigenvalue weighted by atomic mass is 16.5. The van der Waals surface area contributed by atoms with E-state index in [9.17, 15) is 0 Å². The number of benzene rings is 1. The number of furan rings is 1. The Labute approximate surface area is 107 Å². The molecule has 2 rings (SSSR count). The molecule has 3 N–H and O–H groups in total. The Morgan fingerprint density at radius 3 is 2.67 bits per heavy atom. The molecule has 0 bridgehead atoms. The van der Waals surface area contributed by atoms with Gasteiger partial charge in [0.15, 0.2) is 0 Å². The minimum atomic E-state index is -0.207. The summed E-state index contributed by atoms with van der Waals surface area (Å²) in [5.74, 6) is 8.17. The lowest BCUT2D eigenvalue weighted by Gasteiger charge is -2.16. The van der Waals surface area contributed by atoms with Crippen LogP contribution in [0.5, 0.6) is 5.75 Å². The fourth-order valence-corrected chi connectivity index (χ4v) is 1.97. The summed E-state index contributed by atoms with van der Waals surface area (Å²) in [6.45, 7) is 2.05. The van der Waals surface area contributed by atoms with E-state index in [4.69, 9.17) is 15.0 Å². The molecule has 1 atom stereocenters. The van der Waals surface area contributed by atoms with Gasteiger partial charge in [0.2, 0.25) is 0 Å². The van der Waals surface area contributed by atoms with Crippen LogP contribution in [-0.4, -0.2) is 7.11 Å². The Balaban J connectivity index is 2.38. The summed E-state index contributed by atoms with van der Waals surface area (Å²) in [6.07, 6.45) is 0.864. The van der Waals surface area contributed by atoms with Gasteiger partial charge in [0.25, 0.3) is 0 Å². The Hall–Kier alpha value is -1.78. The number of nitrogens with two attached hydrogens (primary N) is 1. The van der Waals surface area contributed by atoms with Crippen LogP contribution >= 0.6 is 0 Å². The number of hydrazine groups is 1. The summed E-state index contributed by atoms with van der Waals surface area (Å²) in [7, 11) is 1.64. The fourth-order valence-electron chi connectivity index (χ4n) is 1.97. The summed E-state index contributed by atoms with van der Waals surface area (Å²) in [6, 6.07) is 11.5. The van der Waals surface area contributed by atoms with Gasteiger partial charge in [0.1, 0.15) is 23.3 Å². The molecule has 0 aliphatic heterocycles. The molecule has 1 unspecified atom stereocenters. The number of ether oxygens (including phenoxy) is 1. The fraction of sp³-hybridized carbons (Fsp3) is 0.286. The monoisotopic (exact) mass is 246 g/mol. The van der Waals surface area contributed by atoms with E-state index in [0.717, 1.165) is 29.3 Å². The van der Waals surface area contributed by atoms with E-state index in [-0.39, 0.29) is 6.04 Å². The maximum absolute atomic E-state index is 5.74. The van der Waals surface area contributed by atoms with Crippen LogP contribution in [0.2, 0.25) is 0 Å². The minimum absolute atomic E-state index is 0.207. The van der Waals surface area contributed by atoms with Crippen molar-refractivity contribution in [2.45, 2.75) is 19.4 Å². The summed E-state index contributed by atoms with van der Waals surface area (Å²) in [4.78, 5) is 0. The highest BCUT2D eigenvalue weighted by Crippen LogP contribution is 2.30. The number of rotatable bonds is 5. The van der Waals surface area contributed by atoms with Gasteiger partial charge in [0.05, 0.1) is 7.11 Å². The van der Waals surface area contributed by atoms with Gasteiger partial charge < -0.3 is 9.15 Å². The third kappa shape index (κ3) is 2.39. The minimum Gasteiger partial charge on any atom is -0.496 e. The average Bonchev–Trinajstić information content (AvgIpc) is 2.89. The first kappa shape index (κ1) is 12.7. The molecular weight excluding hydrogens is 228 g/mol. The van der Waals surface area contributed by atoms with Crippen LogP contribution in [0.3, 0.4) is 0 Å². The van der Waals surface area contributed by atoms with Gasteiger partial charge >= 0.3 is 0 Å². The molecule has 1 aromatic heterocycles. The summed E-state index contributed by atoms with van der Waals surface area (Å²) >= 11 is 0. The van der Waals surface area contributed by atoms with Crippen molar-refractivity contribution < 1.29 is 9.15 Å². The van der Waals surface area contributed by atoms with Crippen molar-refractivity contribution in [1.29, 1.82) is 0 Å². The van der Waals surface area contributed by atoms with Crippen molar-refractivity contribution in [2.75, 3.05) is 7.11 Å². The van der Waals surface area contributed by atoms with E-state index in [1.54, 1.807) is 7.11 Å². The Morgan fingerprint density at radius 1 is 1.28 bits per heavy atom. The molecule has 1 aromatic carbocycles. The van der Waals surface area contributed by atoms with Crippen LogP contribution in [-0.2, 0) is 6.42 Å². The van der Waals surface area contributed by atoms with Crippen molar-refractivity contribution in [3.63, 3.8) is 0 Å². The van der Waals surface area contributed by atoms with Gasteiger partial charge in [-0.3, -0.25) is 5.84 Å². The van der Waals surface area contributed by atoms with Crippen LogP contribution in [0.4, 0.5) is 0 Å². The van der Waals surface area contributed by atoms with Gasteiger partial charge in [-0.1, -0.05) is 25.1 Å². The first-order chi connectivity index (χ1) is 8.80. The van der Waals surface area contributed by atoms with E-state index in [0.29, 0.717) is 0 Å². The molecule has 0 fully saturated rings. The standard InChI is InChI=1S/C14H18N2O2/c1-3-10-8-9-13(18-10)14(16-15)11-6-4-5-7-12(11)17-2/h4-9,14,16H,3,15H2,1-2H3. The molecule has 0 saturated heterocycles. The molecule has 0 amide bonds. The lowest BCUT2D eigenvalue weighted by Crippen LogP contribution is -2.28. The second-order valence-corrected chi connectivity index (χ2v) is 4.00. The van der Waals surface area contributed by atoms with Gasteiger partial charge in [-0.15, -0.1) is 0 Å². The van der Waals surface area contributed by atoms with Crippen LogP contribution in [0.1, 0.15) is 30.0 Å².